The van der Waals surface area contributed by atoms with Gasteiger partial charge in [0.05, 0.1) is 0 Å². The number of likely N-dealkylation sites (tertiary alicyclic amines) is 1. The van der Waals surface area contributed by atoms with Gasteiger partial charge >= 0.3 is 0 Å². The Labute approximate surface area is 190 Å². The minimum Gasteiger partial charge on any atom is -0.352 e. The summed E-state index contributed by atoms with van der Waals surface area (Å²) in [5, 5.41) is 3.04. The lowest BCUT2D eigenvalue weighted by Crippen LogP contribution is -2.34. The Morgan fingerprint density at radius 2 is 1.41 bits per heavy atom. The van der Waals surface area contributed by atoms with E-state index in [2.05, 4.69) is 40.5 Å². The van der Waals surface area contributed by atoms with Gasteiger partial charge in [-0.2, -0.15) is 0 Å². The number of ketones is 1. The van der Waals surface area contributed by atoms with Gasteiger partial charge < -0.3 is 5.32 Å². The Balaban J connectivity index is 1.22. The first kappa shape index (κ1) is 22.0. The first-order valence-corrected chi connectivity index (χ1v) is 11.4. The van der Waals surface area contributed by atoms with Crippen molar-refractivity contribution in [2.75, 3.05) is 19.6 Å². The number of amides is 1. The molecule has 4 heteroatoms. The van der Waals surface area contributed by atoms with Crippen molar-refractivity contribution in [2.24, 2.45) is 5.92 Å². The number of hydrogen-bond acceptors (Lipinski definition) is 3. The molecule has 3 aromatic carbocycles. The summed E-state index contributed by atoms with van der Waals surface area (Å²) < 4.78 is 0. The zero-order valence-corrected chi connectivity index (χ0v) is 18.4. The van der Waals surface area contributed by atoms with Crippen LogP contribution in [0, 0.1) is 5.92 Å². The van der Waals surface area contributed by atoms with Crippen molar-refractivity contribution in [1.29, 1.82) is 0 Å². The highest BCUT2D eigenvalue weighted by molar-refractivity contribution is 6.10. The molecule has 1 aliphatic heterocycles. The summed E-state index contributed by atoms with van der Waals surface area (Å²) in [5.41, 5.74) is 3.06. The van der Waals surface area contributed by atoms with Crippen LogP contribution in [0.15, 0.2) is 84.9 Å². The molecule has 164 valence electrons. The first-order valence-electron chi connectivity index (χ1n) is 11.4. The fourth-order valence-electron chi connectivity index (χ4n) is 4.32. The van der Waals surface area contributed by atoms with Crippen molar-refractivity contribution in [3.63, 3.8) is 0 Å². The molecular formula is C28H30N2O2. The van der Waals surface area contributed by atoms with E-state index in [0.717, 1.165) is 26.1 Å². The van der Waals surface area contributed by atoms with E-state index in [1.165, 1.54) is 18.4 Å². The second-order valence-corrected chi connectivity index (χ2v) is 8.53. The van der Waals surface area contributed by atoms with Gasteiger partial charge in [-0.3, -0.25) is 14.5 Å². The normalized spacial score (nSPS) is 14.8. The van der Waals surface area contributed by atoms with E-state index in [0.29, 0.717) is 29.2 Å². The van der Waals surface area contributed by atoms with Crippen LogP contribution in [0.25, 0.3) is 0 Å². The van der Waals surface area contributed by atoms with Crippen LogP contribution in [0.3, 0.4) is 0 Å². The number of rotatable bonds is 8. The van der Waals surface area contributed by atoms with Crippen LogP contribution >= 0.6 is 0 Å². The molecule has 32 heavy (non-hydrogen) atoms. The molecule has 0 unspecified atom stereocenters. The van der Waals surface area contributed by atoms with E-state index in [9.17, 15) is 9.59 Å². The molecule has 0 atom stereocenters. The lowest BCUT2D eigenvalue weighted by atomic mass is 9.93. The molecule has 0 aromatic heterocycles. The van der Waals surface area contributed by atoms with Gasteiger partial charge in [-0.25, -0.2) is 0 Å². The summed E-state index contributed by atoms with van der Waals surface area (Å²) in [4.78, 5) is 27.8. The van der Waals surface area contributed by atoms with Crippen molar-refractivity contribution >= 4 is 11.7 Å². The van der Waals surface area contributed by atoms with E-state index in [1.807, 2.05) is 18.2 Å². The standard InChI is InChI=1S/C28H30N2O2/c31-27(24-10-5-2-6-11-24)25-12-7-13-26(20-25)28(32)29-17-14-22-15-18-30(19-16-22)21-23-8-3-1-4-9-23/h1-13,20,22H,14-19,21H2,(H,29,32). The quantitative estimate of drug-likeness (QED) is 0.519. The van der Waals surface area contributed by atoms with E-state index in [4.69, 9.17) is 0 Å². The van der Waals surface area contributed by atoms with Crippen LogP contribution in [-0.2, 0) is 6.54 Å². The van der Waals surface area contributed by atoms with E-state index in [1.54, 1.807) is 36.4 Å². The maximum absolute atomic E-state index is 12.6. The third-order valence-electron chi connectivity index (χ3n) is 6.22. The highest BCUT2D eigenvalue weighted by Crippen LogP contribution is 2.21. The topological polar surface area (TPSA) is 49.4 Å². The number of carbonyl (C=O) groups is 2. The molecule has 1 aliphatic rings. The molecule has 1 fully saturated rings. The Kier molecular flexibility index (Phi) is 7.47. The second-order valence-electron chi connectivity index (χ2n) is 8.53. The predicted octanol–water partition coefficient (Wildman–Crippen LogP) is 4.95. The van der Waals surface area contributed by atoms with E-state index < -0.39 is 0 Å². The molecule has 1 saturated heterocycles. The molecule has 3 aromatic rings. The molecule has 0 spiro atoms. The maximum atomic E-state index is 12.6. The summed E-state index contributed by atoms with van der Waals surface area (Å²) in [5.74, 6) is 0.463. The fraction of sp³-hybridized carbons (Fsp3) is 0.286. The third-order valence-corrected chi connectivity index (χ3v) is 6.22. The molecular weight excluding hydrogens is 396 g/mol. The molecule has 0 radical (unpaired) electrons. The van der Waals surface area contributed by atoms with Crippen molar-refractivity contribution in [3.8, 4) is 0 Å². The maximum Gasteiger partial charge on any atom is 0.251 e. The predicted molar refractivity (Wildman–Crippen MR) is 128 cm³/mol. The number of nitrogens with one attached hydrogen (secondary N) is 1. The molecule has 0 saturated carbocycles. The van der Waals surface area contributed by atoms with Gasteiger partial charge in [-0.05, 0) is 56.0 Å². The largest absolute Gasteiger partial charge is 0.352 e. The van der Waals surface area contributed by atoms with Crippen molar-refractivity contribution < 1.29 is 9.59 Å². The van der Waals surface area contributed by atoms with Crippen molar-refractivity contribution in [1.82, 2.24) is 10.2 Å². The van der Waals surface area contributed by atoms with Crippen LogP contribution in [0.1, 0.15) is 51.1 Å². The van der Waals surface area contributed by atoms with Crippen molar-refractivity contribution in [3.05, 3.63) is 107 Å². The number of carbonyl (C=O) groups excluding carboxylic acids is 2. The van der Waals surface area contributed by atoms with Crippen LogP contribution in [-0.4, -0.2) is 36.2 Å². The van der Waals surface area contributed by atoms with Gasteiger partial charge in [0.15, 0.2) is 5.78 Å². The molecule has 4 rings (SSSR count). The monoisotopic (exact) mass is 426 g/mol. The second kappa shape index (κ2) is 10.9. The first-order chi connectivity index (χ1) is 15.7. The summed E-state index contributed by atoms with van der Waals surface area (Å²) in [6.07, 6.45) is 3.33. The fourth-order valence-corrected chi connectivity index (χ4v) is 4.32. The van der Waals surface area contributed by atoms with Crippen molar-refractivity contribution in [2.45, 2.75) is 25.8 Å². The molecule has 0 bridgehead atoms. The van der Waals surface area contributed by atoms with E-state index in [-0.39, 0.29) is 11.7 Å². The molecule has 1 heterocycles. The zero-order chi connectivity index (χ0) is 22.2. The highest BCUT2D eigenvalue weighted by Gasteiger charge is 2.19. The Morgan fingerprint density at radius 1 is 0.781 bits per heavy atom. The van der Waals surface area contributed by atoms with Gasteiger partial charge in [0.2, 0.25) is 0 Å². The van der Waals surface area contributed by atoms with Crippen LogP contribution in [0.2, 0.25) is 0 Å². The summed E-state index contributed by atoms with van der Waals surface area (Å²) in [6, 6.07) is 26.8. The minimum atomic E-state index is -0.116. The molecule has 4 nitrogen and oxygen atoms in total. The average Bonchev–Trinajstić information content (AvgIpc) is 2.86. The highest BCUT2D eigenvalue weighted by atomic mass is 16.1. The smallest absolute Gasteiger partial charge is 0.251 e. The Hall–Kier alpha value is -3.24. The van der Waals surface area contributed by atoms with Gasteiger partial charge in [0.1, 0.15) is 0 Å². The summed E-state index contributed by atoms with van der Waals surface area (Å²) in [7, 11) is 0. The average molecular weight is 427 g/mol. The Bertz CT molecular complexity index is 1030. The number of piperidine rings is 1. The van der Waals surface area contributed by atoms with Crippen LogP contribution in [0.5, 0.6) is 0 Å². The molecule has 1 amide bonds. The lowest BCUT2D eigenvalue weighted by molar-refractivity contribution is 0.0947. The zero-order valence-electron chi connectivity index (χ0n) is 18.4. The minimum absolute atomic E-state index is 0.0671. The number of benzene rings is 3. The summed E-state index contributed by atoms with van der Waals surface area (Å²) in [6.45, 7) is 3.90. The van der Waals surface area contributed by atoms with E-state index >= 15 is 0 Å². The molecule has 0 aliphatic carbocycles. The number of nitrogens with zero attached hydrogens (tertiary/aromatic N) is 1. The summed E-state index contributed by atoms with van der Waals surface area (Å²) >= 11 is 0. The molecule has 1 N–H and O–H groups in total. The van der Waals surface area contributed by atoms with Gasteiger partial charge in [0, 0.05) is 29.8 Å². The van der Waals surface area contributed by atoms with Crippen LogP contribution < -0.4 is 5.32 Å². The third kappa shape index (κ3) is 5.92. The van der Waals surface area contributed by atoms with Gasteiger partial charge in [-0.1, -0.05) is 72.8 Å². The van der Waals surface area contributed by atoms with Gasteiger partial charge in [-0.15, -0.1) is 0 Å². The SMILES string of the molecule is O=C(NCCC1CCN(Cc2ccccc2)CC1)c1cccc(C(=O)c2ccccc2)c1. The Morgan fingerprint density at radius 3 is 2.12 bits per heavy atom. The number of hydrogen-bond donors (Lipinski definition) is 1. The van der Waals surface area contributed by atoms with Gasteiger partial charge in [0.25, 0.3) is 5.91 Å². The lowest BCUT2D eigenvalue weighted by Gasteiger charge is -2.32. The van der Waals surface area contributed by atoms with Crippen LogP contribution in [0.4, 0.5) is 0 Å².